The molecule has 0 aliphatic carbocycles. The van der Waals surface area contributed by atoms with Crippen molar-refractivity contribution in [3.8, 4) is 0 Å². The van der Waals surface area contributed by atoms with Gasteiger partial charge in [-0.15, -0.1) is 0 Å². The average Bonchev–Trinajstić information content (AvgIpc) is 1.99. The summed E-state index contributed by atoms with van der Waals surface area (Å²) in [5, 5.41) is 2.00. The third-order valence-electron chi connectivity index (χ3n) is 1.12. The smallest absolute Gasteiger partial charge is 0.747 e. The molecule has 0 aromatic carbocycles. The Bertz CT molecular complexity index is 267. The van der Waals surface area contributed by atoms with Gasteiger partial charge in [0.25, 0.3) is 0 Å². The Balaban J connectivity index is 0. The molecule has 13 heavy (non-hydrogen) atoms. The summed E-state index contributed by atoms with van der Waals surface area (Å²) in [5.41, 5.74) is -1.60. The van der Waals surface area contributed by atoms with Crippen LogP contribution in [0.1, 0.15) is 6.92 Å². The van der Waals surface area contributed by atoms with Crippen LogP contribution in [-0.2, 0) is 19.7 Å². The standard InChI is InChI=1S/C5H9NO5S.Na/c1-5(2-7,3-8)6-4-12(9,10)11;/h2-3,6H,4H2,1H3,(H,9,10,11);/q;+1/p-1. The summed E-state index contributed by atoms with van der Waals surface area (Å²) in [4.78, 5) is 20.4. The van der Waals surface area contributed by atoms with Gasteiger partial charge in [0, 0.05) is 0 Å². The fourth-order valence-electron chi connectivity index (χ4n) is 0.355. The summed E-state index contributed by atoms with van der Waals surface area (Å²) in [6, 6.07) is 0. The Morgan fingerprint density at radius 1 is 1.38 bits per heavy atom. The van der Waals surface area contributed by atoms with Crippen molar-refractivity contribution in [2.45, 2.75) is 12.5 Å². The van der Waals surface area contributed by atoms with E-state index in [9.17, 15) is 22.6 Å². The zero-order valence-corrected chi connectivity index (χ0v) is 10.1. The second-order valence-corrected chi connectivity index (χ2v) is 3.80. The van der Waals surface area contributed by atoms with E-state index in [1.165, 1.54) is 0 Å². The predicted octanol–water partition coefficient (Wildman–Crippen LogP) is -4.76. The van der Waals surface area contributed by atoms with Crippen molar-refractivity contribution in [3.05, 3.63) is 0 Å². The molecule has 6 nitrogen and oxygen atoms in total. The molecule has 8 heteroatoms. The Morgan fingerprint density at radius 2 is 1.77 bits per heavy atom. The van der Waals surface area contributed by atoms with Crippen LogP contribution in [0.3, 0.4) is 0 Å². The first-order valence-electron chi connectivity index (χ1n) is 2.94. The van der Waals surface area contributed by atoms with Gasteiger partial charge >= 0.3 is 29.6 Å². The van der Waals surface area contributed by atoms with E-state index in [-0.39, 0.29) is 42.1 Å². The van der Waals surface area contributed by atoms with Gasteiger partial charge in [-0.25, -0.2) is 8.42 Å². The summed E-state index contributed by atoms with van der Waals surface area (Å²) in [6.07, 6.45) is 0.455. The van der Waals surface area contributed by atoms with E-state index in [0.29, 0.717) is 0 Å². The van der Waals surface area contributed by atoms with Gasteiger partial charge in [0.05, 0.1) is 5.88 Å². The molecule has 0 amide bonds. The molecular weight excluding hydrogens is 209 g/mol. The minimum atomic E-state index is -4.46. The van der Waals surface area contributed by atoms with E-state index in [0.717, 1.165) is 6.92 Å². The molecule has 0 aromatic rings. The topological polar surface area (TPSA) is 103 Å². The third-order valence-corrected chi connectivity index (χ3v) is 1.62. The van der Waals surface area contributed by atoms with Crippen molar-refractivity contribution in [1.82, 2.24) is 5.32 Å². The number of hydrogen-bond donors (Lipinski definition) is 1. The second-order valence-electron chi connectivity index (χ2n) is 2.40. The molecule has 0 spiro atoms. The summed E-state index contributed by atoms with van der Waals surface area (Å²) in [6.45, 7) is 1.16. The molecule has 0 bridgehead atoms. The van der Waals surface area contributed by atoms with Crippen LogP contribution in [0.15, 0.2) is 0 Å². The minimum Gasteiger partial charge on any atom is -0.747 e. The molecule has 0 aliphatic heterocycles. The van der Waals surface area contributed by atoms with Crippen molar-refractivity contribution in [2.24, 2.45) is 0 Å². The first kappa shape index (κ1) is 15.7. The van der Waals surface area contributed by atoms with Gasteiger partial charge in [0.15, 0.2) is 0 Å². The second kappa shape index (κ2) is 5.84. The first-order chi connectivity index (χ1) is 5.33. The van der Waals surface area contributed by atoms with E-state index in [2.05, 4.69) is 0 Å². The van der Waals surface area contributed by atoms with Gasteiger partial charge in [0.1, 0.15) is 28.2 Å². The largest absolute Gasteiger partial charge is 1.00 e. The van der Waals surface area contributed by atoms with E-state index >= 15 is 0 Å². The van der Waals surface area contributed by atoms with Crippen molar-refractivity contribution < 1.29 is 52.1 Å². The summed E-state index contributed by atoms with van der Waals surface area (Å²) in [5.74, 6) is -0.943. The van der Waals surface area contributed by atoms with Crippen LogP contribution >= 0.6 is 0 Å². The van der Waals surface area contributed by atoms with Crippen LogP contribution in [0.4, 0.5) is 0 Å². The summed E-state index contributed by atoms with van der Waals surface area (Å²) < 4.78 is 30.2. The van der Waals surface area contributed by atoms with Crippen molar-refractivity contribution in [3.63, 3.8) is 0 Å². The van der Waals surface area contributed by atoms with Crippen LogP contribution in [0.2, 0.25) is 0 Å². The molecule has 0 saturated carbocycles. The zero-order valence-electron chi connectivity index (χ0n) is 7.31. The van der Waals surface area contributed by atoms with E-state index in [4.69, 9.17) is 0 Å². The van der Waals surface area contributed by atoms with E-state index < -0.39 is 21.5 Å². The fraction of sp³-hybridized carbons (Fsp3) is 0.600. The quantitative estimate of drug-likeness (QED) is 0.214. The maximum absolute atomic E-state index is 10.2. The van der Waals surface area contributed by atoms with Gasteiger partial charge in [0.2, 0.25) is 0 Å². The monoisotopic (exact) mass is 217 g/mol. The fourth-order valence-corrected chi connectivity index (χ4v) is 0.843. The van der Waals surface area contributed by atoms with Crippen LogP contribution in [0, 0.1) is 0 Å². The van der Waals surface area contributed by atoms with Gasteiger partial charge < -0.3 is 14.1 Å². The molecule has 0 fully saturated rings. The zero-order chi connectivity index (χ0) is 9.83. The van der Waals surface area contributed by atoms with E-state index in [1.54, 1.807) is 0 Å². The molecular formula is C5H8NNaO5S. The van der Waals surface area contributed by atoms with Gasteiger partial charge in [-0.2, -0.15) is 0 Å². The number of carbonyl (C=O) groups is 2. The van der Waals surface area contributed by atoms with Gasteiger partial charge in [-0.05, 0) is 6.92 Å². The van der Waals surface area contributed by atoms with Crippen LogP contribution in [0.5, 0.6) is 0 Å². The molecule has 0 rings (SSSR count). The maximum atomic E-state index is 10.2. The van der Waals surface area contributed by atoms with Gasteiger partial charge in [-0.3, -0.25) is 5.32 Å². The number of aldehydes is 2. The molecule has 0 radical (unpaired) electrons. The van der Waals surface area contributed by atoms with Crippen molar-refractivity contribution in [2.75, 3.05) is 5.88 Å². The number of rotatable bonds is 5. The Labute approximate surface area is 98.1 Å². The number of hydrogen-bond acceptors (Lipinski definition) is 6. The van der Waals surface area contributed by atoms with E-state index in [1.807, 2.05) is 5.32 Å². The molecule has 1 N–H and O–H groups in total. The molecule has 0 atom stereocenters. The van der Waals surface area contributed by atoms with Crippen molar-refractivity contribution >= 4 is 22.7 Å². The SMILES string of the molecule is CC(C=O)(C=O)NCS(=O)(=O)[O-].[Na+]. The predicted molar refractivity (Wildman–Crippen MR) is 38.2 cm³/mol. The maximum Gasteiger partial charge on any atom is 1.00 e. The minimum absolute atomic E-state index is 0. The van der Waals surface area contributed by atoms with Gasteiger partial charge in [-0.1, -0.05) is 0 Å². The molecule has 0 aromatic heterocycles. The molecule has 0 heterocycles. The summed E-state index contributed by atoms with van der Waals surface area (Å²) in [7, 11) is -4.46. The average molecular weight is 217 g/mol. The number of nitrogens with one attached hydrogen (secondary N) is 1. The molecule has 70 valence electrons. The number of carbonyl (C=O) groups excluding carboxylic acids is 2. The normalized spacial score (nSPS) is 11.5. The Kier molecular flexibility index (Phi) is 7.04. The first-order valence-corrected chi connectivity index (χ1v) is 4.52. The van der Waals surface area contributed by atoms with Crippen LogP contribution < -0.4 is 34.9 Å². The Morgan fingerprint density at radius 3 is 2.00 bits per heavy atom. The molecule has 0 saturated heterocycles. The summed E-state index contributed by atoms with van der Waals surface area (Å²) >= 11 is 0. The molecule has 0 aliphatic rings. The third kappa shape index (κ3) is 7.29. The van der Waals surface area contributed by atoms with Crippen molar-refractivity contribution in [1.29, 1.82) is 0 Å². The Hall–Kier alpha value is 0.210. The molecule has 0 unspecified atom stereocenters. The van der Waals surface area contributed by atoms with Crippen LogP contribution in [-0.4, -0.2) is 37.0 Å². The van der Waals surface area contributed by atoms with Crippen LogP contribution in [0.25, 0.3) is 0 Å².